The van der Waals surface area contributed by atoms with Crippen molar-refractivity contribution in [2.24, 2.45) is 5.92 Å². The highest BCUT2D eigenvalue weighted by molar-refractivity contribution is 6.33. The molecule has 2 fully saturated rings. The molecule has 0 saturated carbocycles. The van der Waals surface area contributed by atoms with Gasteiger partial charge in [-0.25, -0.2) is 0 Å². The molecule has 1 aromatic heterocycles. The predicted molar refractivity (Wildman–Crippen MR) is 95.0 cm³/mol. The SMILES string of the molecule is COc1cc(-n2cnnn2)c(Cl)cc1C(=O)N1CCC(C2OCCO2)CC1. The van der Waals surface area contributed by atoms with Gasteiger partial charge in [-0.3, -0.25) is 4.79 Å². The molecule has 2 aliphatic heterocycles. The average molecular weight is 394 g/mol. The standard InChI is InChI=1S/C17H20ClN5O4/c1-25-15-9-14(23-10-19-20-21-23)13(18)8-12(15)16(24)22-4-2-11(3-5-22)17-26-6-7-27-17/h8-11,17H,2-7H2,1H3. The Morgan fingerprint density at radius 3 is 2.63 bits per heavy atom. The summed E-state index contributed by atoms with van der Waals surface area (Å²) in [6.07, 6.45) is 2.98. The molecular weight excluding hydrogens is 374 g/mol. The first-order valence-corrected chi connectivity index (χ1v) is 9.18. The van der Waals surface area contributed by atoms with Crippen molar-refractivity contribution in [2.75, 3.05) is 33.4 Å². The molecule has 0 aliphatic carbocycles. The molecule has 2 saturated heterocycles. The van der Waals surface area contributed by atoms with E-state index in [-0.39, 0.29) is 12.2 Å². The van der Waals surface area contributed by atoms with Gasteiger partial charge in [0.15, 0.2) is 6.29 Å². The van der Waals surface area contributed by atoms with E-state index in [1.165, 1.54) is 18.1 Å². The summed E-state index contributed by atoms with van der Waals surface area (Å²) in [4.78, 5) is 14.9. The number of nitrogens with zero attached hydrogens (tertiary/aromatic N) is 5. The van der Waals surface area contributed by atoms with E-state index in [1.54, 1.807) is 12.1 Å². The summed E-state index contributed by atoms with van der Waals surface area (Å²) >= 11 is 6.37. The van der Waals surface area contributed by atoms with Crippen LogP contribution in [-0.2, 0) is 9.47 Å². The summed E-state index contributed by atoms with van der Waals surface area (Å²) in [6, 6.07) is 3.27. The number of piperidine rings is 1. The average Bonchev–Trinajstić information content (AvgIpc) is 3.41. The lowest BCUT2D eigenvalue weighted by atomic mass is 9.95. The number of rotatable bonds is 4. The lowest BCUT2D eigenvalue weighted by molar-refractivity contribution is -0.0956. The van der Waals surface area contributed by atoms with Crippen LogP contribution in [0.15, 0.2) is 18.5 Å². The van der Waals surface area contributed by atoms with Gasteiger partial charge in [-0.1, -0.05) is 11.6 Å². The Labute approximate surface area is 161 Å². The molecule has 0 unspecified atom stereocenters. The number of benzene rings is 1. The number of aromatic nitrogens is 4. The fraction of sp³-hybridized carbons (Fsp3) is 0.529. The molecule has 0 N–H and O–H groups in total. The molecule has 4 rings (SSSR count). The molecule has 1 aromatic carbocycles. The molecule has 27 heavy (non-hydrogen) atoms. The second-order valence-corrected chi connectivity index (χ2v) is 6.91. The third kappa shape index (κ3) is 3.62. The van der Waals surface area contributed by atoms with Gasteiger partial charge >= 0.3 is 0 Å². The maximum atomic E-state index is 13.0. The van der Waals surface area contributed by atoms with Gasteiger partial charge in [0.25, 0.3) is 5.91 Å². The van der Waals surface area contributed by atoms with Crippen LogP contribution in [0, 0.1) is 5.92 Å². The quantitative estimate of drug-likeness (QED) is 0.778. The van der Waals surface area contributed by atoms with Gasteiger partial charge in [0.2, 0.25) is 0 Å². The zero-order valence-electron chi connectivity index (χ0n) is 14.9. The fourth-order valence-electron chi connectivity index (χ4n) is 3.52. The molecule has 9 nitrogen and oxygen atoms in total. The first-order valence-electron chi connectivity index (χ1n) is 8.80. The minimum atomic E-state index is -0.137. The molecule has 2 aliphatic rings. The zero-order chi connectivity index (χ0) is 18.8. The molecule has 0 bridgehead atoms. The highest BCUT2D eigenvalue weighted by atomic mass is 35.5. The third-order valence-corrected chi connectivity index (χ3v) is 5.26. The van der Waals surface area contributed by atoms with E-state index in [0.29, 0.717) is 54.2 Å². The molecule has 10 heteroatoms. The molecule has 1 amide bonds. The van der Waals surface area contributed by atoms with Crippen molar-refractivity contribution < 1.29 is 19.0 Å². The Kier molecular flexibility index (Phi) is 5.24. The van der Waals surface area contributed by atoms with Crippen LogP contribution < -0.4 is 4.74 Å². The molecule has 3 heterocycles. The Balaban J connectivity index is 1.51. The van der Waals surface area contributed by atoms with Crippen LogP contribution in [0.3, 0.4) is 0 Å². The van der Waals surface area contributed by atoms with E-state index in [2.05, 4.69) is 15.5 Å². The number of likely N-dealkylation sites (tertiary alicyclic amines) is 1. The molecule has 2 aromatic rings. The van der Waals surface area contributed by atoms with Crippen molar-refractivity contribution in [3.63, 3.8) is 0 Å². The lowest BCUT2D eigenvalue weighted by Gasteiger charge is -2.34. The summed E-state index contributed by atoms with van der Waals surface area (Å²) in [7, 11) is 1.52. The summed E-state index contributed by atoms with van der Waals surface area (Å²) < 4.78 is 18.0. The minimum Gasteiger partial charge on any atom is -0.496 e. The second kappa shape index (κ2) is 7.79. The van der Waals surface area contributed by atoms with Crippen LogP contribution in [0.2, 0.25) is 5.02 Å². The Bertz CT molecular complexity index is 802. The van der Waals surface area contributed by atoms with Gasteiger partial charge in [-0.15, -0.1) is 5.10 Å². The summed E-state index contributed by atoms with van der Waals surface area (Å²) in [6.45, 7) is 2.57. The number of hydrogen-bond acceptors (Lipinski definition) is 7. The Hall–Kier alpha value is -2.23. The van der Waals surface area contributed by atoms with Crippen molar-refractivity contribution in [2.45, 2.75) is 19.1 Å². The smallest absolute Gasteiger partial charge is 0.257 e. The Morgan fingerprint density at radius 1 is 1.26 bits per heavy atom. The summed E-state index contributed by atoms with van der Waals surface area (Å²) in [5.74, 6) is 0.646. The second-order valence-electron chi connectivity index (χ2n) is 6.50. The van der Waals surface area contributed by atoms with E-state index >= 15 is 0 Å². The molecule has 0 radical (unpaired) electrons. The molecule has 0 atom stereocenters. The van der Waals surface area contributed by atoms with Gasteiger partial charge < -0.3 is 19.1 Å². The number of amides is 1. The lowest BCUT2D eigenvalue weighted by Crippen LogP contribution is -2.41. The number of tetrazole rings is 1. The maximum absolute atomic E-state index is 13.0. The number of halogens is 1. The van der Waals surface area contributed by atoms with Gasteiger partial charge in [-0.05, 0) is 29.3 Å². The van der Waals surface area contributed by atoms with Crippen molar-refractivity contribution in [3.8, 4) is 11.4 Å². The van der Waals surface area contributed by atoms with E-state index in [9.17, 15) is 4.79 Å². The van der Waals surface area contributed by atoms with E-state index in [4.69, 9.17) is 25.8 Å². The molecule has 0 spiro atoms. The van der Waals surface area contributed by atoms with Gasteiger partial charge in [0.1, 0.15) is 12.1 Å². The van der Waals surface area contributed by atoms with Gasteiger partial charge in [-0.2, -0.15) is 4.68 Å². The third-order valence-electron chi connectivity index (χ3n) is 4.95. The number of methoxy groups -OCH3 is 1. The largest absolute Gasteiger partial charge is 0.496 e. The normalized spacial score (nSPS) is 18.8. The fourth-order valence-corrected chi connectivity index (χ4v) is 3.77. The van der Waals surface area contributed by atoms with E-state index < -0.39 is 0 Å². The predicted octanol–water partition coefficient (Wildman–Crippen LogP) is 1.55. The van der Waals surface area contributed by atoms with Crippen molar-refractivity contribution in [1.29, 1.82) is 0 Å². The molecular formula is C17H20ClN5O4. The highest BCUT2D eigenvalue weighted by Gasteiger charge is 2.33. The van der Waals surface area contributed by atoms with Crippen LogP contribution in [-0.4, -0.2) is 70.7 Å². The van der Waals surface area contributed by atoms with Crippen LogP contribution >= 0.6 is 11.6 Å². The van der Waals surface area contributed by atoms with Crippen LogP contribution in [0.1, 0.15) is 23.2 Å². The number of hydrogen-bond donors (Lipinski definition) is 0. The molecule has 144 valence electrons. The first kappa shape index (κ1) is 18.1. The van der Waals surface area contributed by atoms with Gasteiger partial charge in [0.05, 0.1) is 36.6 Å². The van der Waals surface area contributed by atoms with Crippen LogP contribution in [0.25, 0.3) is 5.69 Å². The van der Waals surface area contributed by atoms with Crippen molar-refractivity contribution in [3.05, 3.63) is 29.0 Å². The number of carbonyl (C=O) groups excluding carboxylic acids is 1. The number of ether oxygens (including phenoxy) is 3. The zero-order valence-corrected chi connectivity index (χ0v) is 15.6. The summed E-state index contributed by atoms with van der Waals surface area (Å²) in [5.41, 5.74) is 0.968. The van der Waals surface area contributed by atoms with E-state index in [1.807, 2.05) is 4.90 Å². The van der Waals surface area contributed by atoms with Crippen molar-refractivity contribution in [1.82, 2.24) is 25.1 Å². The van der Waals surface area contributed by atoms with E-state index in [0.717, 1.165) is 12.8 Å². The van der Waals surface area contributed by atoms with Crippen LogP contribution in [0.4, 0.5) is 0 Å². The van der Waals surface area contributed by atoms with Crippen LogP contribution in [0.5, 0.6) is 5.75 Å². The highest BCUT2D eigenvalue weighted by Crippen LogP contribution is 2.32. The number of carbonyl (C=O) groups is 1. The summed E-state index contributed by atoms with van der Waals surface area (Å²) in [5, 5.41) is 11.4. The Morgan fingerprint density at radius 2 is 2.00 bits per heavy atom. The maximum Gasteiger partial charge on any atom is 0.257 e. The minimum absolute atomic E-state index is 0.108. The monoisotopic (exact) mass is 393 g/mol. The first-order chi connectivity index (χ1) is 13.2. The van der Waals surface area contributed by atoms with Gasteiger partial charge in [0, 0.05) is 25.1 Å². The topological polar surface area (TPSA) is 91.6 Å². The van der Waals surface area contributed by atoms with Crippen molar-refractivity contribution >= 4 is 17.5 Å².